The Morgan fingerprint density at radius 2 is 2.16 bits per heavy atom. The molecule has 1 saturated heterocycles. The third-order valence-corrected chi connectivity index (χ3v) is 6.10. The van der Waals surface area contributed by atoms with Crippen molar-refractivity contribution in [1.82, 2.24) is 14.7 Å². The summed E-state index contributed by atoms with van der Waals surface area (Å²) in [6.45, 7) is 7.52. The largest absolute Gasteiger partial charge is 0.389 e. The second kappa shape index (κ2) is 7.36. The van der Waals surface area contributed by atoms with Crippen LogP contribution in [0.1, 0.15) is 70.5 Å². The summed E-state index contributed by atoms with van der Waals surface area (Å²) in [4.78, 5) is 14.7. The fourth-order valence-corrected chi connectivity index (χ4v) is 4.47. The molecule has 3 rings (SSSR count). The molecular formula is C19H32N4O2. The number of nitrogens with one attached hydrogen (secondary N) is 1. The Balaban J connectivity index is 1.69. The Bertz CT molecular complexity index is 611. The molecule has 6 heteroatoms. The number of carbonyl (C=O) groups is 1. The summed E-state index contributed by atoms with van der Waals surface area (Å²) in [5.74, 6) is 0.993. The SMILES string of the molecule is CCC(CC)n1nc(C)cc1NC(=O)N1CC[C@@]2(O)CCCC[C@H]2C1. The van der Waals surface area contributed by atoms with Crippen molar-refractivity contribution in [3.05, 3.63) is 11.8 Å². The Hall–Kier alpha value is -1.56. The highest BCUT2D eigenvalue weighted by atomic mass is 16.3. The van der Waals surface area contributed by atoms with Crippen LogP contribution in [0, 0.1) is 12.8 Å². The van der Waals surface area contributed by atoms with Crippen molar-refractivity contribution in [2.24, 2.45) is 5.92 Å². The molecule has 2 atom stereocenters. The first-order valence-corrected chi connectivity index (χ1v) is 9.81. The fraction of sp³-hybridized carbons (Fsp3) is 0.789. The highest BCUT2D eigenvalue weighted by molar-refractivity contribution is 5.88. The predicted molar refractivity (Wildman–Crippen MR) is 98.7 cm³/mol. The molecule has 2 fully saturated rings. The number of piperidine rings is 1. The van der Waals surface area contributed by atoms with Crippen molar-refractivity contribution in [2.45, 2.75) is 77.4 Å². The highest BCUT2D eigenvalue weighted by Gasteiger charge is 2.43. The van der Waals surface area contributed by atoms with E-state index in [0.717, 1.165) is 50.0 Å². The van der Waals surface area contributed by atoms with Gasteiger partial charge in [0.1, 0.15) is 5.82 Å². The van der Waals surface area contributed by atoms with Gasteiger partial charge < -0.3 is 10.0 Å². The van der Waals surface area contributed by atoms with Gasteiger partial charge in [-0.1, -0.05) is 26.7 Å². The number of rotatable bonds is 4. The number of carbonyl (C=O) groups excluding carboxylic acids is 1. The lowest BCUT2D eigenvalue weighted by Gasteiger charge is -2.47. The first kappa shape index (κ1) is 18.2. The van der Waals surface area contributed by atoms with Gasteiger partial charge >= 0.3 is 6.03 Å². The predicted octanol–water partition coefficient (Wildman–Crippen LogP) is 3.71. The van der Waals surface area contributed by atoms with Crippen molar-refractivity contribution in [3.63, 3.8) is 0 Å². The molecule has 0 aromatic carbocycles. The second-order valence-corrected chi connectivity index (χ2v) is 7.76. The van der Waals surface area contributed by atoms with Crippen LogP contribution in [0.5, 0.6) is 0 Å². The van der Waals surface area contributed by atoms with Gasteiger partial charge in [0.25, 0.3) is 0 Å². The maximum atomic E-state index is 12.8. The lowest BCUT2D eigenvalue weighted by atomic mass is 9.71. The maximum Gasteiger partial charge on any atom is 0.323 e. The number of amides is 2. The van der Waals surface area contributed by atoms with Crippen LogP contribution in [-0.4, -0.2) is 44.5 Å². The van der Waals surface area contributed by atoms with E-state index in [9.17, 15) is 9.90 Å². The quantitative estimate of drug-likeness (QED) is 0.871. The third-order valence-electron chi connectivity index (χ3n) is 6.10. The zero-order valence-electron chi connectivity index (χ0n) is 15.8. The van der Waals surface area contributed by atoms with E-state index >= 15 is 0 Å². The summed E-state index contributed by atoms with van der Waals surface area (Å²) >= 11 is 0. The number of aliphatic hydroxyl groups is 1. The van der Waals surface area contributed by atoms with Crippen LogP contribution in [0.4, 0.5) is 10.6 Å². The van der Waals surface area contributed by atoms with E-state index < -0.39 is 5.60 Å². The van der Waals surface area contributed by atoms with Gasteiger partial charge in [-0.2, -0.15) is 5.10 Å². The van der Waals surface area contributed by atoms with E-state index in [-0.39, 0.29) is 11.9 Å². The molecule has 25 heavy (non-hydrogen) atoms. The molecule has 0 radical (unpaired) electrons. The number of hydrogen-bond acceptors (Lipinski definition) is 3. The van der Waals surface area contributed by atoms with Crippen molar-refractivity contribution < 1.29 is 9.90 Å². The van der Waals surface area contributed by atoms with E-state index in [4.69, 9.17) is 0 Å². The topological polar surface area (TPSA) is 70.4 Å². The smallest absolute Gasteiger partial charge is 0.323 e. The standard InChI is InChI=1S/C19H32N4O2/c1-4-16(5-2)23-17(12-14(3)21-23)20-18(24)22-11-10-19(25)9-7-6-8-15(19)13-22/h12,15-16,25H,4-11,13H2,1-3H3,(H,20,24)/t15-,19-/m0/s1. The first-order chi connectivity index (χ1) is 12.0. The number of aryl methyl sites for hydroxylation is 1. The van der Waals surface area contributed by atoms with Gasteiger partial charge in [0.15, 0.2) is 0 Å². The van der Waals surface area contributed by atoms with Crippen LogP contribution in [0.25, 0.3) is 0 Å². The van der Waals surface area contributed by atoms with E-state index in [1.54, 1.807) is 0 Å². The molecule has 1 aliphatic carbocycles. The van der Waals surface area contributed by atoms with Crippen molar-refractivity contribution in [2.75, 3.05) is 18.4 Å². The van der Waals surface area contributed by atoms with Crippen LogP contribution in [0.2, 0.25) is 0 Å². The first-order valence-electron chi connectivity index (χ1n) is 9.81. The Morgan fingerprint density at radius 1 is 1.40 bits per heavy atom. The van der Waals surface area contributed by atoms with Crippen LogP contribution < -0.4 is 5.32 Å². The van der Waals surface area contributed by atoms with Gasteiger partial charge in [-0.05, 0) is 39.0 Å². The molecule has 1 aromatic rings. The monoisotopic (exact) mass is 348 g/mol. The summed E-state index contributed by atoms with van der Waals surface area (Å²) in [5.41, 5.74) is 0.366. The molecule has 1 aliphatic heterocycles. The number of nitrogens with zero attached hydrogens (tertiary/aromatic N) is 3. The number of anilines is 1. The number of likely N-dealkylation sites (tertiary alicyclic amines) is 1. The maximum absolute atomic E-state index is 12.8. The zero-order chi connectivity index (χ0) is 18.0. The van der Waals surface area contributed by atoms with Crippen molar-refractivity contribution in [3.8, 4) is 0 Å². The van der Waals surface area contributed by atoms with Gasteiger partial charge in [0, 0.05) is 25.1 Å². The van der Waals surface area contributed by atoms with E-state index in [0.29, 0.717) is 25.6 Å². The summed E-state index contributed by atoms with van der Waals surface area (Å²) in [6.07, 6.45) is 6.82. The Morgan fingerprint density at radius 3 is 2.88 bits per heavy atom. The van der Waals surface area contributed by atoms with Crippen LogP contribution >= 0.6 is 0 Å². The molecule has 140 valence electrons. The van der Waals surface area contributed by atoms with Crippen LogP contribution in [0.15, 0.2) is 6.07 Å². The molecule has 2 N–H and O–H groups in total. The van der Waals surface area contributed by atoms with Gasteiger partial charge in [0.2, 0.25) is 0 Å². The number of hydrogen-bond donors (Lipinski definition) is 2. The van der Waals surface area contributed by atoms with Crippen molar-refractivity contribution in [1.29, 1.82) is 0 Å². The zero-order valence-corrected chi connectivity index (χ0v) is 15.8. The molecular weight excluding hydrogens is 316 g/mol. The van der Waals surface area contributed by atoms with Gasteiger partial charge in [-0.25, -0.2) is 9.48 Å². The summed E-state index contributed by atoms with van der Waals surface area (Å²) in [5, 5.41) is 18.4. The van der Waals surface area contributed by atoms with E-state index in [2.05, 4.69) is 24.3 Å². The summed E-state index contributed by atoms with van der Waals surface area (Å²) in [7, 11) is 0. The minimum absolute atomic E-state index is 0.0697. The molecule has 2 aliphatic rings. The van der Waals surface area contributed by atoms with Crippen molar-refractivity contribution >= 4 is 11.8 Å². The third kappa shape index (κ3) is 3.68. The molecule has 2 heterocycles. The van der Waals surface area contributed by atoms with E-state index in [1.807, 2.05) is 22.6 Å². The molecule has 1 saturated carbocycles. The second-order valence-electron chi connectivity index (χ2n) is 7.76. The van der Waals surface area contributed by atoms with Crippen LogP contribution in [0.3, 0.4) is 0 Å². The molecule has 2 amide bonds. The molecule has 1 aromatic heterocycles. The fourth-order valence-electron chi connectivity index (χ4n) is 4.47. The molecule has 0 bridgehead atoms. The normalized spacial score (nSPS) is 26.6. The van der Waals surface area contributed by atoms with Crippen LogP contribution in [-0.2, 0) is 0 Å². The summed E-state index contributed by atoms with van der Waals surface area (Å²) < 4.78 is 1.95. The Kier molecular flexibility index (Phi) is 5.37. The minimum Gasteiger partial charge on any atom is -0.389 e. The lowest BCUT2D eigenvalue weighted by molar-refractivity contribution is -0.0863. The number of fused-ring (bicyclic) bond motifs is 1. The molecule has 0 spiro atoms. The molecule has 6 nitrogen and oxygen atoms in total. The van der Waals surface area contributed by atoms with Gasteiger partial charge in [-0.15, -0.1) is 0 Å². The van der Waals surface area contributed by atoms with E-state index in [1.165, 1.54) is 0 Å². The number of aromatic nitrogens is 2. The summed E-state index contributed by atoms with van der Waals surface area (Å²) in [6, 6.07) is 2.17. The lowest BCUT2D eigenvalue weighted by Crippen LogP contribution is -2.55. The average molecular weight is 348 g/mol. The highest BCUT2D eigenvalue weighted by Crippen LogP contribution is 2.39. The van der Waals surface area contributed by atoms with Gasteiger partial charge in [-0.3, -0.25) is 5.32 Å². The Labute approximate surface area is 150 Å². The average Bonchev–Trinajstić information content (AvgIpc) is 2.95. The van der Waals surface area contributed by atoms with Gasteiger partial charge in [0.05, 0.1) is 17.3 Å². The molecule has 0 unspecified atom stereocenters. The minimum atomic E-state index is -0.553. The number of urea groups is 1.